The van der Waals surface area contributed by atoms with E-state index in [1.165, 1.54) is 4.90 Å². The van der Waals surface area contributed by atoms with Crippen molar-refractivity contribution in [2.24, 2.45) is 0 Å². The molecular weight excluding hydrogens is 290 g/mol. The van der Waals surface area contributed by atoms with Gasteiger partial charge in [-0.3, -0.25) is 4.79 Å². The summed E-state index contributed by atoms with van der Waals surface area (Å²) in [6.45, 7) is 2.23. The monoisotopic (exact) mass is 313 g/mol. The van der Waals surface area contributed by atoms with Crippen LogP contribution in [0.15, 0.2) is 12.1 Å². The predicted octanol–water partition coefficient (Wildman–Crippen LogP) is 1.19. The molecular formula is C14H23N3O3S. The molecule has 1 aromatic heterocycles. The van der Waals surface area contributed by atoms with Crippen LogP contribution in [0.5, 0.6) is 0 Å². The first-order chi connectivity index (χ1) is 9.76. The first-order valence-electron chi connectivity index (χ1n) is 6.88. The van der Waals surface area contributed by atoms with Gasteiger partial charge in [0, 0.05) is 38.2 Å². The van der Waals surface area contributed by atoms with Crippen LogP contribution in [0, 0.1) is 0 Å². The molecule has 7 heteroatoms. The van der Waals surface area contributed by atoms with E-state index in [1.54, 1.807) is 26.2 Å². The van der Waals surface area contributed by atoms with Gasteiger partial charge in [0.05, 0.1) is 5.75 Å². The summed E-state index contributed by atoms with van der Waals surface area (Å²) in [7, 11) is 0.270. The van der Waals surface area contributed by atoms with E-state index >= 15 is 0 Å². The number of amides is 1. The molecule has 0 radical (unpaired) electrons. The van der Waals surface area contributed by atoms with Gasteiger partial charge in [0.1, 0.15) is 15.7 Å². The van der Waals surface area contributed by atoms with Crippen LogP contribution in [0.2, 0.25) is 0 Å². The van der Waals surface area contributed by atoms with Gasteiger partial charge in [-0.2, -0.15) is 0 Å². The topological polar surface area (TPSA) is 79.4 Å². The molecule has 118 valence electrons. The molecule has 0 aliphatic heterocycles. The number of pyridine rings is 1. The molecule has 0 bridgehead atoms. The molecule has 1 aromatic rings. The Hall–Kier alpha value is -1.63. The molecule has 0 saturated heterocycles. The standard InChI is InChI=1S/C14H23N3O3S/c1-5-6-12-9-11(10-13(15-2)16-12)14(18)17(3)7-8-21(4,19)20/h9-10H,5-8H2,1-4H3,(H,15,16). The third-order valence-corrected chi connectivity index (χ3v) is 3.96. The van der Waals surface area contributed by atoms with Crippen molar-refractivity contribution >= 4 is 21.6 Å². The Morgan fingerprint density at radius 2 is 2.05 bits per heavy atom. The van der Waals surface area contributed by atoms with Gasteiger partial charge in [0.2, 0.25) is 0 Å². The maximum absolute atomic E-state index is 12.4. The quantitative estimate of drug-likeness (QED) is 0.818. The van der Waals surface area contributed by atoms with Crippen LogP contribution in [0.3, 0.4) is 0 Å². The van der Waals surface area contributed by atoms with Crippen LogP contribution in [-0.2, 0) is 16.3 Å². The minimum absolute atomic E-state index is 0.0406. The lowest BCUT2D eigenvalue weighted by atomic mass is 10.1. The number of hydrogen-bond donors (Lipinski definition) is 1. The highest BCUT2D eigenvalue weighted by Crippen LogP contribution is 2.13. The molecule has 1 amide bonds. The van der Waals surface area contributed by atoms with E-state index in [0.29, 0.717) is 11.4 Å². The lowest BCUT2D eigenvalue weighted by molar-refractivity contribution is 0.0803. The van der Waals surface area contributed by atoms with Gasteiger partial charge in [-0.15, -0.1) is 0 Å². The van der Waals surface area contributed by atoms with Gasteiger partial charge in [0.15, 0.2) is 0 Å². The van der Waals surface area contributed by atoms with Crippen molar-refractivity contribution in [1.82, 2.24) is 9.88 Å². The number of nitrogens with one attached hydrogen (secondary N) is 1. The largest absolute Gasteiger partial charge is 0.373 e. The van der Waals surface area contributed by atoms with Crippen molar-refractivity contribution in [1.29, 1.82) is 0 Å². The number of rotatable bonds is 7. The normalized spacial score (nSPS) is 11.2. The van der Waals surface area contributed by atoms with E-state index in [-0.39, 0.29) is 18.2 Å². The Labute approximate surface area is 126 Å². The fourth-order valence-corrected chi connectivity index (χ4v) is 2.45. The second-order valence-electron chi connectivity index (χ2n) is 5.09. The van der Waals surface area contributed by atoms with Crippen molar-refractivity contribution in [3.05, 3.63) is 23.4 Å². The summed E-state index contributed by atoms with van der Waals surface area (Å²) in [6, 6.07) is 3.45. The van der Waals surface area contributed by atoms with Gasteiger partial charge in [0.25, 0.3) is 5.91 Å². The second kappa shape index (κ2) is 7.40. The fourth-order valence-electron chi connectivity index (χ4n) is 1.85. The summed E-state index contributed by atoms with van der Waals surface area (Å²) in [5.41, 5.74) is 1.37. The Balaban J connectivity index is 2.92. The molecule has 1 rings (SSSR count). The minimum Gasteiger partial charge on any atom is -0.373 e. The Morgan fingerprint density at radius 3 is 2.57 bits per heavy atom. The molecule has 0 fully saturated rings. The fraction of sp³-hybridized carbons (Fsp3) is 0.571. The van der Waals surface area contributed by atoms with Gasteiger partial charge in [-0.1, -0.05) is 13.3 Å². The number of nitrogens with zero attached hydrogens (tertiary/aromatic N) is 2. The van der Waals surface area contributed by atoms with Crippen molar-refractivity contribution in [2.75, 3.05) is 38.0 Å². The van der Waals surface area contributed by atoms with Gasteiger partial charge < -0.3 is 10.2 Å². The van der Waals surface area contributed by atoms with Gasteiger partial charge in [-0.05, 0) is 18.6 Å². The highest BCUT2D eigenvalue weighted by Gasteiger charge is 2.15. The highest BCUT2D eigenvalue weighted by atomic mass is 32.2. The molecule has 0 aliphatic carbocycles. The third kappa shape index (κ3) is 5.71. The summed E-state index contributed by atoms with van der Waals surface area (Å²) < 4.78 is 22.4. The van der Waals surface area contributed by atoms with Gasteiger partial charge >= 0.3 is 0 Å². The molecule has 1 heterocycles. The second-order valence-corrected chi connectivity index (χ2v) is 7.35. The molecule has 0 atom stereocenters. The zero-order valence-corrected chi connectivity index (χ0v) is 13.8. The number of hydrogen-bond acceptors (Lipinski definition) is 5. The predicted molar refractivity (Wildman–Crippen MR) is 84.5 cm³/mol. The van der Waals surface area contributed by atoms with Crippen LogP contribution in [0.25, 0.3) is 0 Å². The van der Waals surface area contributed by atoms with Crippen LogP contribution in [0.1, 0.15) is 29.4 Å². The van der Waals surface area contributed by atoms with E-state index in [9.17, 15) is 13.2 Å². The molecule has 0 aliphatic rings. The summed E-state index contributed by atoms with van der Waals surface area (Å²) in [6.07, 6.45) is 2.90. The molecule has 0 unspecified atom stereocenters. The first-order valence-corrected chi connectivity index (χ1v) is 8.94. The smallest absolute Gasteiger partial charge is 0.253 e. The van der Waals surface area contributed by atoms with Crippen LogP contribution in [-0.4, -0.2) is 56.9 Å². The SMILES string of the molecule is CCCc1cc(C(=O)N(C)CCS(C)(=O)=O)cc(NC)n1. The highest BCUT2D eigenvalue weighted by molar-refractivity contribution is 7.90. The number of anilines is 1. The van der Waals surface area contributed by atoms with E-state index in [0.717, 1.165) is 24.8 Å². The molecule has 0 spiro atoms. The average Bonchev–Trinajstić information content (AvgIpc) is 2.43. The van der Waals surface area contributed by atoms with Crippen molar-refractivity contribution < 1.29 is 13.2 Å². The van der Waals surface area contributed by atoms with Crippen molar-refractivity contribution in [2.45, 2.75) is 19.8 Å². The van der Waals surface area contributed by atoms with Crippen molar-refractivity contribution in [3.63, 3.8) is 0 Å². The van der Waals surface area contributed by atoms with Gasteiger partial charge in [-0.25, -0.2) is 13.4 Å². The molecule has 0 saturated carbocycles. The Morgan fingerprint density at radius 1 is 1.38 bits per heavy atom. The summed E-state index contributed by atoms with van der Waals surface area (Å²) in [5, 5.41) is 2.94. The number of sulfone groups is 1. The maximum Gasteiger partial charge on any atom is 0.253 e. The van der Waals surface area contributed by atoms with E-state index in [4.69, 9.17) is 0 Å². The molecule has 0 aromatic carbocycles. The Kier molecular flexibility index (Phi) is 6.14. The molecule has 1 N–H and O–H groups in total. The third-order valence-electron chi connectivity index (χ3n) is 3.03. The van der Waals surface area contributed by atoms with Crippen molar-refractivity contribution in [3.8, 4) is 0 Å². The van der Waals surface area contributed by atoms with Crippen LogP contribution < -0.4 is 5.32 Å². The summed E-state index contributed by atoms with van der Waals surface area (Å²) >= 11 is 0. The zero-order valence-electron chi connectivity index (χ0n) is 13.0. The van der Waals surface area contributed by atoms with E-state index < -0.39 is 9.84 Å². The van der Waals surface area contributed by atoms with E-state index in [2.05, 4.69) is 10.3 Å². The lowest BCUT2D eigenvalue weighted by Gasteiger charge is -2.17. The average molecular weight is 313 g/mol. The summed E-state index contributed by atoms with van der Waals surface area (Å²) in [4.78, 5) is 18.2. The van der Waals surface area contributed by atoms with Crippen LogP contribution in [0.4, 0.5) is 5.82 Å². The zero-order chi connectivity index (χ0) is 16.0. The summed E-state index contributed by atoms with van der Waals surface area (Å²) in [5.74, 6) is 0.400. The molecule has 6 nitrogen and oxygen atoms in total. The maximum atomic E-state index is 12.4. The number of aromatic nitrogens is 1. The Bertz CT molecular complexity index is 599. The molecule has 21 heavy (non-hydrogen) atoms. The lowest BCUT2D eigenvalue weighted by Crippen LogP contribution is -2.31. The number of carbonyl (C=O) groups is 1. The number of carbonyl (C=O) groups excluding carboxylic acids is 1. The number of aryl methyl sites for hydroxylation is 1. The van der Waals surface area contributed by atoms with Crippen LogP contribution >= 0.6 is 0 Å². The minimum atomic E-state index is -3.08. The first kappa shape index (κ1) is 17.4. The van der Waals surface area contributed by atoms with E-state index in [1.807, 2.05) is 6.92 Å².